The molecule has 0 bridgehead atoms. The molecule has 1 unspecified atom stereocenters. The highest BCUT2D eigenvalue weighted by Gasteiger charge is 2.19. The first kappa shape index (κ1) is 10.6. The Morgan fingerprint density at radius 2 is 2.33 bits per heavy atom. The van der Waals surface area contributed by atoms with Crippen LogP contribution < -0.4 is 4.90 Å². The summed E-state index contributed by atoms with van der Waals surface area (Å²) in [6, 6.07) is 3.82. The number of nitrogens with zero attached hydrogens (tertiary/aromatic N) is 1. The number of amides is 1. The number of rotatable bonds is 1. The predicted molar refractivity (Wildman–Crippen MR) is 60.9 cm³/mol. The molecule has 4 heteroatoms. The van der Waals surface area contributed by atoms with E-state index in [1.165, 1.54) is 16.2 Å². The van der Waals surface area contributed by atoms with E-state index >= 15 is 0 Å². The van der Waals surface area contributed by atoms with Gasteiger partial charge in [-0.1, -0.05) is 6.07 Å². The van der Waals surface area contributed by atoms with E-state index in [1.807, 2.05) is 22.4 Å². The molecule has 1 aromatic rings. The van der Waals surface area contributed by atoms with Gasteiger partial charge in [0.15, 0.2) is 0 Å². The van der Waals surface area contributed by atoms with Gasteiger partial charge in [-0.05, 0) is 11.4 Å². The minimum absolute atomic E-state index is 0.180. The molecule has 1 atom stereocenters. The number of thiophene rings is 1. The number of carbonyl (C=O) groups excluding carboxylic acids is 1. The highest BCUT2D eigenvalue weighted by molar-refractivity contribution is 7.12. The highest BCUT2D eigenvalue weighted by Crippen LogP contribution is 2.12. The van der Waals surface area contributed by atoms with Gasteiger partial charge in [-0.15, -0.1) is 11.3 Å². The first-order valence-electron chi connectivity index (χ1n) is 5.27. The third kappa shape index (κ3) is 2.58. The van der Waals surface area contributed by atoms with Crippen molar-refractivity contribution in [2.75, 3.05) is 26.2 Å². The Morgan fingerprint density at radius 1 is 1.47 bits per heavy atom. The van der Waals surface area contributed by atoms with Crippen molar-refractivity contribution in [3.63, 3.8) is 0 Å². The summed E-state index contributed by atoms with van der Waals surface area (Å²) in [4.78, 5) is 16.1. The molecular weight excluding hydrogens is 208 g/mol. The van der Waals surface area contributed by atoms with Crippen molar-refractivity contribution in [1.82, 2.24) is 4.90 Å². The molecule has 1 aliphatic heterocycles. The monoisotopic (exact) mass is 224 g/mol. The molecular formula is C11H16N2OS. The van der Waals surface area contributed by atoms with Crippen molar-refractivity contribution in [3.05, 3.63) is 29.4 Å². The fourth-order valence-corrected chi connectivity index (χ4v) is 2.50. The van der Waals surface area contributed by atoms with Gasteiger partial charge < -0.3 is 9.80 Å². The molecule has 3 nitrogen and oxygen atoms in total. The maximum Gasteiger partial charge on any atom is 0.264 e. The van der Waals surface area contributed by atoms with Crippen LogP contribution in [0, 0.1) is 7.05 Å². The standard InChI is InChI=1S/C11H16N2OS/c1-12-5-3-6-13(8-7-12)11(14)10-4-2-9-15-10/h2,4,9,12H,1,3,5-8H2. The Bertz CT molecular complexity index is 323. The second kappa shape index (κ2) is 4.77. The molecule has 1 aliphatic rings. The van der Waals surface area contributed by atoms with Gasteiger partial charge in [0.2, 0.25) is 0 Å². The molecule has 1 aromatic heterocycles. The van der Waals surface area contributed by atoms with Crippen LogP contribution in [0.4, 0.5) is 0 Å². The van der Waals surface area contributed by atoms with Gasteiger partial charge >= 0.3 is 0 Å². The zero-order valence-corrected chi connectivity index (χ0v) is 9.55. The molecule has 15 heavy (non-hydrogen) atoms. The van der Waals surface area contributed by atoms with Gasteiger partial charge in [-0.25, -0.2) is 0 Å². The summed E-state index contributed by atoms with van der Waals surface area (Å²) in [5, 5.41) is 1.95. The minimum atomic E-state index is 0.180. The third-order valence-electron chi connectivity index (χ3n) is 2.71. The Labute approximate surface area is 94.3 Å². The Balaban J connectivity index is 2.01. The lowest BCUT2D eigenvalue weighted by molar-refractivity contribution is -0.851. The van der Waals surface area contributed by atoms with Crippen molar-refractivity contribution < 1.29 is 9.69 Å². The fourth-order valence-electron chi connectivity index (χ4n) is 1.81. The molecule has 0 aliphatic carbocycles. The van der Waals surface area contributed by atoms with E-state index in [0.717, 1.165) is 37.5 Å². The summed E-state index contributed by atoms with van der Waals surface area (Å²) < 4.78 is 0. The van der Waals surface area contributed by atoms with Crippen molar-refractivity contribution >= 4 is 17.2 Å². The Hall–Kier alpha value is -0.870. The summed E-state index contributed by atoms with van der Waals surface area (Å²) in [7, 11) is 4.00. The Morgan fingerprint density at radius 3 is 3.07 bits per heavy atom. The van der Waals surface area contributed by atoms with Gasteiger partial charge in [0.25, 0.3) is 5.91 Å². The second-order valence-electron chi connectivity index (χ2n) is 3.87. The summed E-state index contributed by atoms with van der Waals surface area (Å²) in [5.74, 6) is 0.180. The maximum absolute atomic E-state index is 12.0. The van der Waals surface area contributed by atoms with Crippen LogP contribution in [-0.4, -0.2) is 37.0 Å². The van der Waals surface area contributed by atoms with E-state index in [9.17, 15) is 4.79 Å². The topological polar surface area (TPSA) is 24.8 Å². The number of hydrogen-bond acceptors (Lipinski definition) is 2. The van der Waals surface area contributed by atoms with E-state index in [4.69, 9.17) is 0 Å². The largest absolute Gasteiger partial charge is 0.466 e. The zero-order valence-electron chi connectivity index (χ0n) is 8.74. The van der Waals surface area contributed by atoms with Crippen LogP contribution in [0.2, 0.25) is 0 Å². The van der Waals surface area contributed by atoms with Crippen LogP contribution in [0.5, 0.6) is 0 Å². The summed E-state index contributed by atoms with van der Waals surface area (Å²) in [6.07, 6.45) is 1.05. The molecule has 1 amide bonds. The van der Waals surface area contributed by atoms with Gasteiger partial charge in [0.05, 0.1) is 24.5 Å². The van der Waals surface area contributed by atoms with E-state index in [1.54, 1.807) is 0 Å². The normalized spacial score (nSPS) is 22.5. The van der Waals surface area contributed by atoms with Crippen molar-refractivity contribution in [2.24, 2.45) is 0 Å². The average molecular weight is 224 g/mol. The molecule has 0 saturated carbocycles. The lowest BCUT2D eigenvalue weighted by Crippen LogP contribution is -3.07. The Kier molecular flexibility index (Phi) is 3.38. The molecule has 82 valence electrons. The van der Waals surface area contributed by atoms with E-state index in [2.05, 4.69) is 7.05 Å². The smallest absolute Gasteiger partial charge is 0.264 e. The fraction of sp³-hybridized carbons (Fsp3) is 0.455. The van der Waals surface area contributed by atoms with Crippen LogP contribution in [-0.2, 0) is 0 Å². The SMILES string of the molecule is [CH2-][NH+]1CCCN(C(=O)c2cccs2)CC1. The quantitative estimate of drug-likeness (QED) is 0.681. The maximum atomic E-state index is 12.0. The first-order valence-corrected chi connectivity index (χ1v) is 6.15. The molecule has 1 fully saturated rings. The third-order valence-corrected chi connectivity index (χ3v) is 3.57. The van der Waals surface area contributed by atoms with E-state index < -0.39 is 0 Å². The van der Waals surface area contributed by atoms with E-state index in [-0.39, 0.29) is 5.91 Å². The van der Waals surface area contributed by atoms with Crippen molar-refractivity contribution in [3.8, 4) is 0 Å². The summed E-state index contributed by atoms with van der Waals surface area (Å²) in [6.45, 7) is 3.72. The first-order chi connectivity index (χ1) is 7.27. The highest BCUT2D eigenvalue weighted by atomic mass is 32.1. The average Bonchev–Trinajstić information content (AvgIpc) is 2.67. The molecule has 2 rings (SSSR count). The summed E-state index contributed by atoms with van der Waals surface area (Å²) >= 11 is 1.52. The van der Waals surface area contributed by atoms with Gasteiger partial charge in [-0.3, -0.25) is 4.79 Å². The lowest BCUT2D eigenvalue weighted by Gasteiger charge is -2.20. The van der Waals surface area contributed by atoms with E-state index in [0.29, 0.717) is 0 Å². The van der Waals surface area contributed by atoms with Crippen molar-refractivity contribution in [2.45, 2.75) is 6.42 Å². The number of nitrogens with one attached hydrogen (secondary N) is 1. The number of quaternary nitrogens is 1. The molecule has 0 radical (unpaired) electrons. The molecule has 2 heterocycles. The number of hydrogen-bond donors (Lipinski definition) is 1. The lowest BCUT2D eigenvalue weighted by atomic mass is 10.3. The summed E-state index contributed by atoms with van der Waals surface area (Å²) in [5.41, 5.74) is 0. The van der Waals surface area contributed by atoms with Crippen LogP contribution in [0.3, 0.4) is 0 Å². The molecule has 0 spiro atoms. The van der Waals surface area contributed by atoms with Crippen molar-refractivity contribution in [1.29, 1.82) is 0 Å². The second-order valence-corrected chi connectivity index (χ2v) is 4.82. The van der Waals surface area contributed by atoms with Crippen LogP contribution in [0.25, 0.3) is 0 Å². The number of carbonyl (C=O) groups is 1. The minimum Gasteiger partial charge on any atom is -0.466 e. The molecule has 0 aromatic carbocycles. The zero-order chi connectivity index (χ0) is 10.7. The predicted octanol–water partition coefficient (Wildman–Crippen LogP) is 0.270. The van der Waals surface area contributed by atoms with Gasteiger partial charge in [-0.2, -0.15) is 7.05 Å². The van der Waals surface area contributed by atoms with Gasteiger partial charge in [0, 0.05) is 13.0 Å². The van der Waals surface area contributed by atoms with Crippen LogP contribution in [0.15, 0.2) is 17.5 Å². The molecule has 1 N–H and O–H groups in total. The van der Waals surface area contributed by atoms with Crippen LogP contribution >= 0.6 is 11.3 Å². The van der Waals surface area contributed by atoms with Crippen LogP contribution in [0.1, 0.15) is 16.1 Å². The molecule has 1 saturated heterocycles. The van der Waals surface area contributed by atoms with Gasteiger partial charge in [0.1, 0.15) is 0 Å².